The number of nitrogens with zero attached hydrogens (tertiary/aromatic N) is 1. The summed E-state index contributed by atoms with van der Waals surface area (Å²) in [5, 5.41) is 3.61. The normalized spacial score (nSPS) is 34.6. The molecule has 0 spiro atoms. The lowest BCUT2D eigenvalue weighted by Gasteiger charge is -2.49. The van der Waals surface area contributed by atoms with Crippen LogP contribution in [-0.4, -0.2) is 36.6 Å². The van der Waals surface area contributed by atoms with Crippen molar-refractivity contribution < 1.29 is 0 Å². The first kappa shape index (κ1) is 13.4. The van der Waals surface area contributed by atoms with E-state index in [-0.39, 0.29) is 0 Å². The van der Waals surface area contributed by atoms with Crippen LogP contribution in [-0.2, 0) is 0 Å². The summed E-state index contributed by atoms with van der Waals surface area (Å²) in [5.74, 6) is 0.939. The van der Waals surface area contributed by atoms with E-state index in [9.17, 15) is 0 Å². The Morgan fingerprint density at radius 3 is 2.65 bits per heavy atom. The van der Waals surface area contributed by atoms with E-state index in [1.165, 1.54) is 64.6 Å². The molecule has 1 saturated heterocycles. The van der Waals surface area contributed by atoms with E-state index in [0.717, 1.165) is 18.0 Å². The molecule has 0 bridgehead atoms. The highest BCUT2D eigenvalue weighted by Crippen LogP contribution is 2.36. The van der Waals surface area contributed by atoms with Gasteiger partial charge >= 0.3 is 0 Å². The highest BCUT2D eigenvalue weighted by Gasteiger charge is 2.38. The molecule has 100 valence electrons. The molecule has 17 heavy (non-hydrogen) atoms. The maximum atomic E-state index is 3.61. The fourth-order valence-corrected chi connectivity index (χ4v) is 3.59. The summed E-state index contributed by atoms with van der Waals surface area (Å²) < 4.78 is 0. The maximum absolute atomic E-state index is 3.61. The summed E-state index contributed by atoms with van der Waals surface area (Å²) in [6.07, 6.45) is 9.86. The Balaban J connectivity index is 1.79. The van der Waals surface area contributed by atoms with Gasteiger partial charge < -0.3 is 5.32 Å². The molecule has 2 aliphatic rings. The van der Waals surface area contributed by atoms with Crippen LogP contribution in [0.1, 0.15) is 58.8 Å². The van der Waals surface area contributed by atoms with E-state index < -0.39 is 0 Å². The van der Waals surface area contributed by atoms with Crippen LogP contribution in [0.25, 0.3) is 0 Å². The molecule has 1 heterocycles. The predicted octanol–water partition coefficient (Wildman–Crippen LogP) is 3.03. The van der Waals surface area contributed by atoms with Gasteiger partial charge in [-0.05, 0) is 64.1 Å². The molecular formula is C15H30N2. The van der Waals surface area contributed by atoms with Crippen molar-refractivity contribution in [1.29, 1.82) is 0 Å². The topological polar surface area (TPSA) is 15.3 Å². The highest BCUT2D eigenvalue weighted by molar-refractivity contribution is 4.93. The molecule has 0 aromatic rings. The average Bonchev–Trinajstić information content (AvgIpc) is 2.34. The van der Waals surface area contributed by atoms with Gasteiger partial charge in [0.2, 0.25) is 0 Å². The van der Waals surface area contributed by atoms with Crippen molar-refractivity contribution >= 4 is 0 Å². The van der Waals surface area contributed by atoms with Crippen LogP contribution in [0, 0.1) is 5.92 Å². The number of rotatable bonds is 6. The number of piperidine rings is 1. The van der Waals surface area contributed by atoms with Gasteiger partial charge in [0.15, 0.2) is 0 Å². The second kappa shape index (κ2) is 6.75. The van der Waals surface area contributed by atoms with Crippen LogP contribution >= 0.6 is 0 Å². The van der Waals surface area contributed by atoms with Gasteiger partial charge in [-0.1, -0.05) is 20.3 Å². The van der Waals surface area contributed by atoms with Crippen molar-refractivity contribution in [3.63, 3.8) is 0 Å². The molecule has 2 nitrogen and oxygen atoms in total. The minimum Gasteiger partial charge on any atom is -0.316 e. The number of likely N-dealkylation sites (tertiary alicyclic amines) is 1. The molecule has 0 radical (unpaired) electrons. The van der Waals surface area contributed by atoms with Gasteiger partial charge in [0.1, 0.15) is 0 Å². The molecular weight excluding hydrogens is 208 g/mol. The molecule has 2 rings (SSSR count). The van der Waals surface area contributed by atoms with Crippen LogP contribution in [0.15, 0.2) is 0 Å². The Kier molecular flexibility index (Phi) is 5.30. The zero-order valence-corrected chi connectivity index (χ0v) is 11.8. The summed E-state index contributed by atoms with van der Waals surface area (Å²) in [7, 11) is 0. The first-order chi connectivity index (χ1) is 8.36. The van der Waals surface area contributed by atoms with E-state index in [2.05, 4.69) is 24.1 Å². The lowest BCUT2D eigenvalue weighted by molar-refractivity contribution is 0.00625. The minimum atomic E-state index is 0.891. The molecule has 0 aromatic carbocycles. The Labute approximate surface area is 107 Å². The molecule has 1 aliphatic carbocycles. The van der Waals surface area contributed by atoms with Crippen LogP contribution in [0.4, 0.5) is 0 Å². The van der Waals surface area contributed by atoms with E-state index in [4.69, 9.17) is 0 Å². The quantitative estimate of drug-likeness (QED) is 0.716. The molecule has 0 amide bonds. The van der Waals surface area contributed by atoms with E-state index >= 15 is 0 Å². The Morgan fingerprint density at radius 1 is 1.12 bits per heavy atom. The van der Waals surface area contributed by atoms with Crippen molar-refractivity contribution in [2.45, 2.75) is 70.9 Å². The lowest BCUT2D eigenvalue weighted by Crippen LogP contribution is -2.55. The van der Waals surface area contributed by atoms with Gasteiger partial charge in [0.25, 0.3) is 0 Å². The smallest absolute Gasteiger partial charge is 0.0139 e. The van der Waals surface area contributed by atoms with Crippen molar-refractivity contribution in [3.8, 4) is 0 Å². The Bertz CT molecular complexity index is 217. The molecule has 1 N–H and O–H groups in total. The number of hydrogen-bond acceptors (Lipinski definition) is 2. The molecule has 3 unspecified atom stereocenters. The summed E-state index contributed by atoms with van der Waals surface area (Å²) in [5.41, 5.74) is 0. The predicted molar refractivity (Wildman–Crippen MR) is 74.3 cm³/mol. The summed E-state index contributed by atoms with van der Waals surface area (Å²) in [4.78, 5) is 2.85. The summed E-state index contributed by atoms with van der Waals surface area (Å²) >= 11 is 0. The van der Waals surface area contributed by atoms with Gasteiger partial charge in [0, 0.05) is 12.1 Å². The maximum Gasteiger partial charge on any atom is 0.0139 e. The van der Waals surface area contributed by atoms with E-state index in [1.807, 2.05) is 0 Å². The van der Waals surface area contributed by atoms with Gasteiger partial charge in [-0.15, -0.1) is 0 Å². The van der Waals surface area contributed by atoms with Gasteiger partial charge in [-0.25, -0.2) is 0 Å². The van der Waals surface area contributed by atoms with E-state index in [0.29, 0.717) is 0 Å². The fraction of sp³-hybridized carbons (Fsp3) is 1.00. The lowest BCUT2D eigenvalue weighted by atomic mass is 9.76. The van der Waals surface area contributed by atoms with Gasteiger partial charge in [-0.2, -0.15) is 0 Å². The second-order valence-corrected chi connectivity index (χ2v) is 5.90. The summed E-state index contributed by atoms with van der Waals surface area (Å²) in [6, 6.07) is 1.80. The molecule has 1 saturated carbocycles. The molecule has 3 atom stereocenters. The van der Waals surface area contributed by atoms with Crippen molar-refractivity contribution in [3.05, 3.63) is 0 Å². The van der Waals surface area contributed by atoms with Crippen LogP contribution in [0.3, 0.4) is 0 Å². The summed E-state index contributed by atoms with van der Waals surface area (Å²) in [6.45, 7) is 8.44. The Morgan fingerprint density at radius 2 is 2.00 bits per heavy atom. The van der Waals surface area contributed by atoms with Gasteiger partial charge in [-0.3, -0.25) is 4.90 Å². The second-order valence-electron chi connectivity index (χ2n) is 5.90. The van der Waals surface area contributed by atoms with Gasteiger partial charge in [0.05, 0.1) is 0 Å². The minimum absolute atomic E-state index is 0.891. The first-order valence-corrected chi connectivity index (χ1v) is 7.83. The molecule has 2 heteroatoms. The third kappa shape index (κ3) is 3.23. The zero-order valence-electron chi connectivity index (χ0n) is 11.8. The third-order valence-electron chi connectivity index (χ3n) is 4.78. The van der Waals surface area contributed by atoms with Crippen LogP contribution < -0.4 is 5.32 Å². The standard InChI is InChI=1S/C15H30N2/c1-3-10-16-12-13-8-9-15(13)17-11-6-5-7-14(17)4-2/h13-16H,3-12H2,1-2H3. The third-order valence-corrected chi connectivity index (χ3v) is 4.78. The fourth-order valence-electron chi connectivity index (χ4n) is 3.59. The highest BCUT2D eigenvalue weighted by atomic mass is 15.2. The monoisotopic (exact) mass is 238 g/mol. The SMILES string of the molecule is CCCNCC1CCC1N1CCCCC1CC. The molecule has 2 fully saturated rings. The zero-order chi connectivity index (χ0) is 12.1. The number of nitrogens with one attached hydrogen (secondary N) is 1. The molecule has 1 aliphatic heterocycles. The first-order valence-electron chi connectivity index (χ1n) is 7.83. The van der Waals surface area contributed by atoms with Crippen molar-refractivity contribution in [1.82, 2.24) is 10.2 Å². The van der Waals surface area contributed by atoms with Crippen molar-refractivity contribution in [2.75, 3.05) is 19.6 Å². The van der Waals surface area contributed by atoms with Crippen molar-refractivity contribution in [2.24, 2.45) is 5.92 Å². The molecule has 0 aromatic heterocycles. The van der Waals surface area contributed by atoms with Crippen LogP contribution in [0.5, 0.6) is 0 Å². The Hall–Kier alpha value is -0.0800. The van der Waals surface area contributed by atoms with E-state index in [1.54, 1.807) is 0 Å². The average molecular weight is 238 g/mol. The number of hydrogen-bond donors (Lipinski definition) is 1. The van der Waals surface area contributed by atoms with Crippen LogP contribution in [0.2, 0.25) is 0 Å². The largest absolute Gasteiger partial charge is 0.316 e.